The minimum absolute atomic E-state index is 0.202. The molecule has 1 aliphatic heterocycles. The van der Waals surface area contributed by atoms with Crippen molar-refractivity contribution in [1.29, 1.82) is 0 Å². The van der Waals surface area contributed by atoms with Gasteiger partial charge in [-0.25, -0.2) is 4.39 Å². The number of halogens is 1. The lowest BCUT2D eigenvalue weighted by Gasteiger charge is -2.17. The zero-order valence-corrected chi connectivity index (χ0v) is 9.93. The van der Waals surface area contributed by atoms with Crippen molar-refractivity contribution < 1.29 is 18.7 Å². The average molecular weight is 265 g/mol. The lowest BCUT2D eigenvalue weighted by molar-refractivity contribution is -0.129. The third-order valence-corrected chi connectivity index (χ3v) is 2.48. The van der Waals surface area contributed by atoms with Crippen LogP contribution in [-0.2, 0) is 9.59 Å². The second-order valence-corrected chi connectivity index (χ2v) is 3.92. The van der Waals surface area contributed by atoms with Crippen LogP contribution in [0.4, 0.5) is 4.39 Å². The minimum atomic E-state index is -1.23. The van der Waals surface area contributed by atoms with Gasteiger partial charge in [0.25, 0.3) is 11.8 Å². The van der Waals surface area contributed by atoms with Crippen LogP contribution in [0.5, 0.6) is 5.75 Å². The molecule has 0 radical (unpaired) electrons. The molecule has 1 aromatic carbocycles. The van der Waals surface area contributed by atoms with E-state index in [1.165, 1.54) is 24.3 Å². The third-order valence-electron chi connectivity index (χ3n) is 2.48. The molecule has 0 saturated heterocycles. The zero-order valence-electron chi connectivity index (χ0n) is 9.93. The van der Waals surface area contributed by atoms with E-state index in [4.69, 9.17) is 10.5 Å². The van der Waals surface area contributed by atoms with Crippen LogP contribution in [-0.4, -0.2) is 30.3 Å². The molecular weight excluding hydrogens is 253 g/mol. The Kier molecular flexibility index (Phi) is 3.86. The normalized spacial score (nSPS) is 18.8. The molecule has 1 aromatic rings. The summed E-state index contributed by atoms with van der Waals surface area (Å²) in [7, 11) is 0. The molecule has 6 nitrogen and oxygen atoms in total. The van der Waals surface area contributed by atoms with Gasteiger partial charge in [-0.2, -0.15) is 4.99 Å². The molecule has 100 valence electrons. The summed E-state index contributed by atoms with van der Waals surface area (Å²) in [6.45, 7) is 0.202. The van der Waals surface area contributed by atoms with Gasteiger partial charge in [-0.15, -0.1) is 0 Å². The molecule has 2 rings (SSSR count). The van der Waals surface area contributed by atoms with Crippen molar-refractivity contribution in [2.24, 2.45) is 10.7 Å². The summed E-state index contributed by atoms with van der Waals surface area (Å²) in [5.41, 5.74) is 5.28. The summed E-state index contributed by atoms with van der Waals surface area (Å²) >= 11 is 0. The average Bonchev–Trinajstić information content (AvgIpc) is 2.38. The van der Waals surface area contributed by atoms with E-state index in [1.807, 2.05) is 0 Å². The molecule has 3 N–H and O–H groups in total. The number of nitrogens with zero attached hydrogens (tertiary/aromatic N) is 1. The van der Waals surface area contributed by atoms with Gasteiger partial charge in [0, 0.05) is 6.42 Å². The topological polar surface area (TPSA) is 93.8 Å². The van der Waals surface area contributed by atoms with E-state index in [-0.39, 0.29) is 24.7 Å². The number of nitrogens with two attached hydrogens (primary N) is 1. The van der Waals surface area contributed by atoms with Gasteiger partial charge in [-0.05, 0) is 24.3 Å². The first kappa shape index (κ1) is 13.2. The van der Waals surface area contributed by atoms with Gasteiger partial charge in [0.15, 0.2) is 6.04 Å². The van der Waals surface area contributed by atoms with Gasteiger partial charge in [-0.1, -0.05) is 0 Å². The van der Waals surface area contributed by atoms with Crippen molar-refractivity contribution in [1.82, 2.24) is 5.32 Å². The first-order chi connectivity index (χ1) is 9.06. The first-order valence-corrected chi connectivity index (χ1v) is 5.62. The van der Waals surface area contributed by atoms with Gasteiger partial charge >= 0.3 is 0 Å². The molecular formula is C12H12FN3O3. The van der Waals surface area contributed by atoms with Crippen LogP contribution in [0, 0.1) is 5.82 Å². The summed E-state index contributed by atoms with van der Waals surface area (Å²) in [6, 6.07) is 4.28. The second-order valence-electron chi connectivity index (χ2n) is 3.92. The standard InChI is InChI=1S/C12H12FN3O3/c13-7-1-3-8(4-2-7)19-6-5-9-15-11(17)10(14)12(18)16-9/h1-4,10H,5-6,14H2,(H,15,16,17,18). The fraction of sp³-hybridized carbons (Fsp3) is 0.250. The van der Waals surface area contributed by atoms with E-state index in [2.05, 4.69) is 10.3 Å². The summed E-state index contributed by atoms with van der Waals surface area (Å²) in [5, 5.41) is 2.42. The van der Waals surface area contributed by atoms with Crippen molar-refractivity contribution in [2.75, 3.05) is 6.61 Å². The second kappa shape index (κ2) is 5.57. The molecule has 1 aliphatic rings. The molecule has 1 atom stereocenters. The van der Waals surface area contributed by atoms with Crippen molar-refractivity contribution in [3.63, 3.8) is 0 Å². The maximum atomic E-state index is 12.7. The molecule has 0 bridgehead atoms. The number of aliphatic imine (C=N–C) groups is 1. The minimum Gasteiger partial charge on any atom is -0.493 e. The van der Waals surface area contributed by atoms with Crippen LogP contribution >= 0.6 is 0 Å². The number of carbonyl (C=O) groups excluding carboxylic acids is 2. The Morgan fingerprint density at radius 2 is 2.00 bits per heavy atom. The van der Waals surface area contributed by atoms with E-state index in [1.54, 1.807) is 0 Å². The van der Waals surface area contributed by atoms with Crippen LogP contribution in [0.3, 0.4) is 0 Å². The Balaban J connectivity index is 1.86. The van der Waals surface area contributed by atoms with Crippen molar-refractivity contribution in [3.8, 4) is 5.75 Å². The molecule has 2 amide bonds. The predicted molar refractivity (Wildman–Crippen MR) is 65.1 cm³/mol. The highest BCUT2D eigenvalue weighted by molar-refractivity contribution is 6.18. The van der Waals surface area contributed by atoms with Gasteiger partial charge < -0.3 is 15.8 Å². The van der Waals surface area contributed by atoms with Crippen LogP contribution in [0.15, 0.2) is 29.3 Å². The lowest BCUT2D eigenvalue weighted by Crippen LogP contribution is -2.52. The molecule has 19 heavy (non-hydrogen) atoms. The van der Waals surface area contributed by atoms with E-state index in [0.29, 0.717) is 5.75 Å². The number of amidine groups is 1. The summed E-state index contributed by atoms with van der Waals surface area (Å²) < 4.78 is 18.0. The quantitative estimate of drug-likeness (QED) is 0.748. The highest BCUT2D eigenvalue weighted by Gasteiger charge is 2.27. The Labute approximate surface area is 108 Å². The summed E-state index contributed by atoms with van der Waals surface area (Å²) in [6.07, 6.45) is 0.252. The van der Waals surface area contributed by atoms with E-state index in [0.717, 1.165) is 0 Å². The monoisotopic (exact) mass is 265 g/mol. The predicted octanol–water partition coefficient (Wildman–Crippen LogP) is -0.0232. The number of carbonyl (C=O) groups is 2. The van der Waals surface area contributed by atoms with Gasteiger partial charge in [-0.3, -0.25) is 9.59 Å². The summed E-state index contributed by atoms with van der Waals surface area (Å²) in [5.74, 6) is -0.876. The molecule has 1 unspecified atom stereocenters. The smallest absolute Gasteiger partial charge is 0.273 e. The van der Waals surface area contributed by atoms with Gasteiger partial charge in [0.2, 0.25) is 0 Å². The van der Waals surface area contributed by atoms with Crippen LogP contribution in [0.25, 0.3) is 0 Å². The maximum Gasteiger partial charge on any atom is 0.273 e. The number of ether oxygens (including phenoxy) is 1. The number of rotatable bonds is 4. The highest BCUT2D eigenvalue weighted by Crippen LogP contribution is 2.11. The lowest BCUT2D eigenvalue weighted by atomic mass is 10.2. The van der Waals surface area contributed by atoms with Gasteiger partial charge in [0.1, 0.15) is 17.4 Å². The Hall–Kier alpha value is -2.28. The first-order valence-electron chi connectivity index (χ1n) is 5.62. The van der Waals surface area contributed by atoms with Crippen molar-refractivity contribution in [3.05, 3.63) is 30.1 Å². The Morgan fingerprint density at radius 3 is 2.63 bits per heavy atom. The largest absolute Gasteiger partial charge is 0.493 e. The Bertz CT molecular complexity index is 528. The Morgan fingerprint density at radius 1 is 1.32 bits per heavy atom. The molecule has 0 fully saturated rings. The zero-order chi connectivity index (χ0) is 13.8. The molecule has 7 heteroatoms. The van der Waals surface area contributed by atoms with Gasteiger partial charge in [0.05, 0.1) is 6.61 Å². The molecule has 0 spiro atoms. The number of hydrogen-bond acceptors (Lipinski definition) is 4. The highest BCUT2D eigenvalue weighted by atomic mass is 19.1. The number of nitrogens with one attached hydrogen (secondary N) is 1. The van der Waals surface area contributed by atoms with Crippen LogP contribution in [0.2, 0.25) is 0 Å². The van der Waals surface area contributed by atoms with Crippen molar-refractivity contribution >= 4 is 17.6 Å². The van der Waals surface area contributed by atoms with E-state index in [9.17, 15) is 14.0 Å². The molecule has 1 heterocycles. The fourth-order valence-corrected chi connectivity index (χ4v) is 1.48. The molecule has 0 saturated carbocycles. The number of benzene rings is 1. The number of amides is 2. The van der Waals surface area contributed by atoms with Crippen molar-refractivity contribution in [2.45, 2.75) is 12.5 Å². The van der Waals surface area contributed by atoms with E-state index >= 15 is 0 Å². The number of hydrogen-bond donors (Lipinski definition) is 2. The fourth-order valence-electron chi connectivity index (χ4n) is 1.48. The molecule has 0 aromatic heterocycles. The van der Waals surface area contributed by atoms with E-state index < -0.39 is 17.9 Å². The SMILES string of the molecule is NC1C(=O)N=C(CCOc2ccc(F)cc2)NC1=O. The maximum absolute atomic E-state index is 12.7. The van der Waals surface area contributed by atoms with Crippen LogP contribution < -0.4 is 15.8 Å². The van der Waals surface area contributed by atoms with Crippen LogP contribution in [0.1, 0.15) is 6.42 Å². The third kappa shape index (κ3) is 3.35. The molecule has 0 aliphatic carbocycles. The summed E-state index contributed by atoms with van der Waals surface area (Å²) in [4.78, 5) is 26.1.